The van der Waals surface area contributed by atoms with Gasteiger partial charge in [0.15, 0.2) is 3.67 Å². The van der Waals surface area contributed by atoms with E-state index in [2.05, 4.69) is 19.6 Å². The first-order chi connectivity index (χ1) is 6.06. The topological polar surface area (TPSA) is 0 Å². The number of unbranched alkanes of at least 4 members (excludes halogenated alkanes) is 6. The largest absolute Gasteiger partial charge is 0.160 e. The van der Waals surface area contributed by atoms with Crippen molar-refractivity contribution in [2.24, 2.45) is 0 Å². The van der Waals surface area contributed by atoms with E-state index in [1.165, 1.54) is 38.5 Å². The number of halogens is 2. The molecule has 13 heavy (non-hydrogen) atoms. The first kappa shape index (κ1) is 13.9. The number of rotatable bonds is 8. The number of alkyl halides is 2. The zero-order chi connectivity index (χ0) is 10.2. The summed E-state index contributed by atoms with van der Waals surface area (Å²) >= 11 is 15.5. The average molecular weight is 243 g/mol. The lowest BCUT2D eigenvalue weighted by Gasteiger charge is -2.10. The molecule has 0 aliphatic carbocycles. The van der Waals surface area contributed by atoms with E-state index in [-0.39, 0.29) is 0 Å². The summed E-state index contributed by atoms with van der Waals surface area (Å²) in [5.41, 5.74) is 0. The maximum atomic E-state index is 5.73. The standard InChI is InChI=1S/C10H20Cl2S/c1-2-3-4-5-6-7-8-9-10(11,12)13/h13H,2-9H2,1H3. The maximum Gasteiger partial charge on any atom is 0.160 e. The highest BCUT2D eigenvalue weighted by molar-refractivity contribution is 7.85. The predicted molar refractivity (Wildman–Crippen MR) is 66.0 cm³/mol. The molecule has 0 atom stereocenters. The molecular weight excluding hydrogens is 223 g/mol. The Bertz CT molecular complexity index is 110. The number of hydrogen-bond acceptors (Lipinski definition) is 1. The third-order valence-corrected chi connectivity index (χ3v) is 2.68. The normalized spacial score (nSPS) is 12.0. The lowest BCUT2D eigenvalue weighted by atomic mass is 10.1. The van der Waals surface area contributed by atoms with Gasteiger partial charge in [-0.15, -0.1) is 12.6 Å². The number of hydrogen-bond donors (Lipinski definition) is 1. The molecule has 0 saturated heterocycles. The smallest absolute Gasteiger partial charge is 0.141 e. The zero-order valence-electron chi connectivity index (χ0n) is 8.36. The van der Waals surface area contributed by atoms with Gasteiger partial charge in [-0.05, 0) is 12.8 Å². The second-order valence-corrected chi connectivity index (χ2v) is 6.31. The summed E-state index contributed by atoms with van der Waals surface area (Å²) in [7, 11) is 0. The van der Waals surface area contributed by atoms with Crippen LogP contribution >= 0.6 is 35.8 Å². The van der Waals surface area contributed by atoms with Crippen molar-refractivity contribution in [3.63, 3.8) is 0 Å². The lowest BCUT2D eigenvalue weighted by Crippen LogP contribution is -2.00. The third-order valence-electron chi connectivity index (χ3n) is 2.08. The van der Waals surface area contributed by atoms with E-state index in [9.17, 15) is 0 Å². The van der Waals surface area contributed by atoms with Crippen LogP contribution in [0.25, 0.3) is 0 Å². The Morgan fingerprint density at radius 1 is 0.923 bits per heavy atom. The molecule has 0 N–H and O–H groups in total. The molecule has 0 unspecified atom stereocenters. The highest BCUT2D eigenvalue weighted by atomic mass is 35.5. The minimum Gasteiger partial charge on any atom is -0.141 e. The third kappa shape index (κ3) is 12.9. The van der Waals surface area contributed by atoms with Crippen molar-refractivity contribution in [1.82, 2.24) is 0 Å². The van der Waals surface area contributed by atoms with E-state index in [4.69, 9.17) is 23.2 Å². The molecule has 0 aliphatic rings. The van der Waals surface area contributed by atoms with E-state index in [0.29, 0.717) is 0 Å². The van der Waals surface area contributed by atoms with Gasteiger partial charge >= 0.3 is 0 Å². The number of thiol groups is 1. The van der Waals surface area contributed by atoms with Crippen LogP contribution in [-0.2, 0) is 0 Å². The maximum absolute atomic E-state index is 5.73. The van der Waals surface area contributed by atoms with Gasteiger partial charge in [-0.3, -0.25) is 0 Å². The van der Waals surface area contributed by atoms with Crippen LogP contribution in [0, 0.1) is 0 Å². The van der Waals surface area contributed by atoms with Crippen LogP contribution in [0.15, 0.2) is 0 Å². The average Bonchev–Trinajstić information content (AvgIpc) is 2.01. The van der Waals surface area contributed by atoms with Crippen molar-refractivity contribution in [3.8, 4) is 0 Å². The van der Waals surface area contributed by atoms with E-state index in [0.717, 1.165) is 12.8 Å². The molecule has 0 saturated carbocycles. The van der Waals surface area contributed by atoms with Crippen molar-refractivity contribution < 1.29 is 0 Å². The Morgan fingerprint density at radius 3 is 1.85 bits per heavy atom. The molecule has 0 aromatic carbocycles. The SMILES string of the molecule is CCCCCCCCCC(S)(Cl)Cl. The van der Waals surface area contributed by atoms with Gasteiger partial charge in [0, 0.05) is 0 Å². The summed E-state index contributed by atoms with van der Waals surface area (Å²) in [4.78, 5) is 0. The summed E-state index contributed by atoms with van der Waals surface area (Å²) in [5.74, 6) is 0. The monoisotopic (exact) mass is 242 g/mol. The lowest BCUT2D eigenvalue weighted by molar-refractivity contribution is 0.579. The van der Waals surface area contributed by atoms with Gasteiger partial charge in [0.25, 0.3) is 0 Å². The van der Waals surface area contributed by atoms with Crippen molar-refractivity contribution in [2.45, 2.75) is 62.0 Å². The zero-order valence-corrected chi connectivity index (χ0v) is 10.8. The van der Waals surface area contributed by atoms with E-state index in [1.54, 1.807) is 0 Å². The predicted octanol–water partition coefficient (Wildman–Crippen LogP) is 5.19. The van der Waals surface area contributed by atoms with Gasteiger partial charge in [-0.1, -0.05) is 68.7 Å². The Morgan fingerprint density at radius 2 is 1.38 bits per heavy atom. The second-order valence-electron chi connectivity index (χ2n) is 3.54. The molecule has 3 heteroatoms. The van der Waals surface area contributed by atoms with E-state index < -0.39 is 3.67 Å². The molecule has 0 spiro atoms. The quantitative estimate of drug-likeness (QED) is 0.338. The first-order valence-electron chi connectivity index (χ1n) is 5.16. The molecule has 0 fully saturated rings. The Kier molecular flexibility index (Phi) is 8.85. The van der Waals surface area contributed by atoms with Crippen LogP contribution in [0.5, 0.6) is 0 Å². The van der Waals surface area contributed by atoms with Crippen molar-refractivity contribution in [1.29, 1.82) is 0 Å². The molecule has 80 valence electrons. The first-order valence-corrected chi connectivity index (χ1v) is 6.37. The highest BCUT2D eigenvalue weighted by Gasteiger charge is 2.15. The van der Waals surface area contributed by atoms with Gasteiger partial charge in [0.1, 0.15) is 0 Å². The Labute approximate surface area is 97.8 Å². The van der Waals surface area contributed by atoms with Crippen LogP contribution in [0.2, 0.25) is 0 Å². The van der Waals surface area contributed by atoms with Crippen LogP contribution in [-0.4, -0.2) is 3.67 Å². The fraction of sp³-hybridized carbons (Fsp3) is 1.00. The van der Waals surface area contributed by atoms with Crippen molar-refractivity contribution in [3.05, 3.63) is 0 Å². The molecule has 0 nitrogen and oxygen atoms in total. The van der Waals surface area contributed by atoms with Gasteiger partial charge in [-0.2, -0.15) is 0 Å². The van der Waals surface area contributed by atoms with E-state index in [1.807, 2.05) is 0 Å². The molecule has 0 radical (unpaired) electrons. The summed E-state index contributed by atoms with van der Waals surface area (Å²) < 4.78 is -0.816. The van der Waals surface area contributed by atoms with Gasteiger partial charge < -0.3 is 0 Å². The summed E-state index contributed by atoms with van der Waals surface area (Å²) in [6.45, 7) is 2.23. The summed E-state index contributed by atoms with van der Waals surface area (Å²) in [6, 6.07) is 0. The molecule has 0 aromatic rings. The fourth-order valence-electron chi connectivity index (χ4n) is 1.29. The van der Waals surface area contributed by atoms with Gasteiger partial charge in [-0.25, -0.2) is 0 Å². The highest BCUT2D eigenvalue weighted by Crippen LogP contribution is 2.31. The Balaban J connectivity index is 3.00. The summed E-state index contributed by atoms with van der Waals surface area (Å²) in [6.07, 6.45) is 9.78. The van der Waals surface area contributed by atoms with Crippen LogP contribution in [0.3, 0.4) is 0 Å². The molecule has 0 rings (SSSR count). The molecule has 0 amide bonds. The fourth-order valence-corrected chi connectivity index (χ4v) is 1.72. The van der Waals surface area contributed by atoms with Crippen molar-refractivity contribution >= 4 is 35.8 Å². The van der Waals surface area contributed by atoms with E-state index >= 15 is 0 Å². The molecule has 0 bridgehead atoms. The van der Waals surface area contributed by atoms with Gasteiger partial charge in [0.2, 0.25) is 0 Å². The van der Waals surface area contributed by atoms with Crippen LogP contribution < -0.4 is 0 Å². The molecule has 0 heterocycles. The van der Waals surface area contributed by atoms with Crippen molar-refractivity contribution in [2.75, 3.05) is 0 Å². The van der Waals surface area contributed by atoms with Crippen LogP contribution in [0.4, 0.5) is 0 Å². The van der Waals surface area contributed by atoms with Gasteiger partial charge in [0.05, 0.1) is 0 Å². The minimum atomic E-state index is -0.816. The molecule has 0 aliphatic heterocycles. The molecular formula is C10H20Cl2S. The Hall–Kier alpha value is 0.930. The molecule has 0 aromatic heterocycles. The van der Waals surface area contributed by atoms with Crippen LogP contribution in [0.1, 0.15) is 58.3 Å². The summed E-state index contributed by atoms with van der Waals surface area (Å²) in [5, 5.41) is 0. The second kappa shape index (κ2) is 8.26. The minimum absolute atomic E-state index is 0.785.